The van der Waals surface area contributed by atoms with Gasteiger partial charge in [-0.25, -0.2) is 14.6 Å². The number of pyridine rings is 1. The molecule has 0 spiro atoms. The maximum atomic E-state index is 9.02. The van der Waals surface area contributed by atoms with E-state index in [1.165, 1.54) is 0 Å². The Morgan fingerprint density at radius 1 is 1.26 bits per heavy atom. The molecule has 3 rings (SSSR count). The van der Waals surface area contributed by atoms with E-state index in [-0.39, 0.29) is 6.61 Å². The predicted molar refractivity (Wildman–Crippen MR) is 86.3 cm³/mol. The van der Waals surface area contributed by atoms with Crippen molar-refractivity contribution in [3.05, 3.63) is 59.3 Å². The van der Waals surface area contributed by atoms with Gasteiger partial charge in [-0.05, 0) is 29.3 Å². The third kappa shape index (κ3) is 3.49. The van der Waals surface area contributed by atoms with Gasteiger partial charge in [0.1, 0.15) is 12.9 Å². The molecule has 0 radical (unpaired) electrons. The quantitative estimate of drug-likeness (QED) is 0.778. The highest BCUT2D eigenvalue weighted by atomic mass is 35.5. The molecule has 3 aromatic rings. The fourth-order valence-corrected chi connectivity index (χ4v) is 2.47. The lowest BCUT2D eigenvalue weighted by molar-refractivity contribution is 0.271. The fourth-order valence-electron chi connectivity index (χ4n) is 2.28. The molecule has 0 saturated heterocycles. The number of halogens is 1. The Morgan fingerprint density at radius 2 is 2.13 bits per heavy atom. The summed E-state index contributed by atoms with van der Waals surface area (Å²) in [7, 11) is 1.58. The van der Waals surface area contributed by atoms with Gasteiger partial charge >= 0.3 is 0 Å². The minimum atomic E-state index is -0.179. The Morgan fingerprint density at radius 3 is 2.83 bits per heavy atom. The van der Waals surface area contributed by atoms with E-state index in [0.29, 0.717) is 23.3 Å². The molecule has 0 saturated carbocycles. The molecule has 0 aliphatic heterocycles. The Kier molecular flexibility index (Phi) is 4.55. The van der Waals surface area contributed by atoms with E-state index in [9.17, 15) is 0 Å². The van der Waals surface area contributed by atoms with Crippen LogP contribution in [-0.4, -0.2) is 32.0 Å². The topological polar surface area (TPSA) is 73.1 Å². The molecular formula is C16H15ClN4O2. The summed E-state index contributed by atoms with van der Waals surface area (Å²) in [6.45, 7) is 0.319. The first-order valence-electron chi connectivity index (χ1n) is 6.97. The van der Waals surface area contributed by atoms with E-state index in [1.54, 1.807) is 24.3 Å². The zero-order valence-corrected chi connectivity index (χ0v) is 13.2. The number of hydrogen-bond donors (Lipinski definition) is 1. The molecular weight excluding hydrogens is 316 g/mol. The molecule has 7 heteroatoms. The molecule has 0 fully saturated rings. The van der Waals surface area contributed by atoms with Gasteiger partial charge in [0.15, 0.2) is 5.82 Å². The zero-order valence-electron chi connectivity index (χ0n) is 12.5. The molecule has 2 heterocycles. The lowest BCUT2D eigenvalue weighted by atomic mass is 10.1. The molecule has 0 aliphatic carbocycles. The van der Waals surface area contributed by atoms with Crippen LogP contribution >= 0.6 is 11.6 Å². The van der Waals surface area contributed by atoms with Crippen LogP contribution in [0.5, 0.6) is 5.88 Å². The molecule has 118 valence electrons. The highest BCUT2D eigenvalue weighted by Gasteiger charge is 2.10. The van der Waals surface area contributed by atoms with Crippen molar-refractivity contribution in [1.29, 1.82) is 0 Å². The minimum Gasteiger partial charge on any atom is -0.481 e. The van der Waals surface area contributed by atoms with Crippen LogP contribution in [0.15, 0.2) is 42.9 Å². The average molecular weight is 331 g/mol. The van der Waals surface area contributed by atoms with Crippen molar-refractivity contribution in [3.63, 3.8) is 0 Å². The number of aliphatic hydroxyl groups excluding tert-OH is 1. The molecule has 23 heavy (non-hydrogen) atoms. The van der Waals surface area contributed by atoms with Crippen molar-refractivity contribution < 1.29 is 9.84 Å². The summed E-state index contributed by atoms with van der Waals surface area (Å²) in [6, 6.07) is 9.51. The number of rotatable bonds is 5. The van der Waals surface area contributed by atoms with Crippen LogP contribution < -0.4 is 4.74 Å². The minimum absolute atomic E-state index is 0.179. The number of nitrogens with zero attached hydrogens (tertiary/aromatic N) is 4. The van der Waals surface area contributed by atoms with Crippen LogP contribution in [0.25, 0.3) is 11.1 Å². The molecule has 0 atom stereocenters. The van der Waals surface area contributed by atoms with E-state index >= 15 is 0 Å². The summed E-state index contributed by atoms with van der Waals surface area (Å²) in [5, 5.41) is 13.8. The molecule has 6 nitrogen and oxygen atoms in total. The second-order valence-electron chi connectivity index (χ2n) is 4.93. The van der Waals surface area contributed by atoms with Gasteiger partial charge in [-0.3, -0.25) is 0 Å². The first-order chi connectivity index (χ1) is 11.2. The van der Waals surface area contributed by atoms with E-state index < -0.39 is 0 Å². The largest absolute Gasteiger partial charge is 0.481 e. The monoisotopic (exact) mass is 330 g/mol. The Hall–Kier alpha value is -2.44. The lowest BCUT2D eigenvalue weighted by Crippen LogP contribution is -2.03. The molecule has 1 aromatic carbocycles. The summed E-state index contributed by atoms with van der Waals surface area (Å²) in [4.78, 5) is 8.35. The van der Waals surface area contributed by atoms with Crippen molar-refractivity contribution >= 4 is 11.6 Å². The lowest BCUT2D eigenvalue weighted by Gasteiger charge is -2.10. The Balaban J connectivity index is 1.95. The fraction of sp³-hybridized carbons (Fsp3) is 0.188. The summed E-state index contributed by atoms with van der Waals surface area (Å²) in [5.41, 5.74) is 2.73. The number of ether oxygens (including phenoxy) is 1. The molecule has 0 aliphatic rings. The van der Waals surface area contributed by atoms with Gasteiger partial charge in [0.25, 0.3) is 0 Å². The van der Waals surface area contributed by atoms with Crippen LogP contribution in [0, 0.1) is 0 Å². The van der Waals surface area contributed by atoms with Crippen LogP contribution in [0.1, 0.15) is 11.4 Å². The van der Waals surface area contributed by atoms with Crippen molar-refractivity contribution in [1.82, 2.24) is 19.7 Å². The first-order valence-corrected chi connectivity index (χ1v) is 7.35. The number of aliphatic hydroxyl groups is 1. The molecule has 0 amide bonds. The van der Waals surface area contributed by atoms with Crippen molar-refractivity contribution in [2.45, 2.75) is 13.2 Å². The molecule has 0 unspecified atom stereocenters. The van der Waals surface area contributed by atoms with Crippen LogP contribution in [-0.2, 0) is 13.2 Å². The number of methoxy groups -OCH3 is 1. The molecule has 1 N–H and O–H groups in total. The van der Waals surface area contributed by atoms with Crippen LogP contribution in [0.3, 0.4) is 0 Å². The second kappa shape index (κ2) is 6.76. The highest BCUT2D eigenvalue weighted by Crippen LogP contribution is 2.30. The predicted octanol–water partition coefficient (Wildman–Crippen LogP) is 2.54. The number of hydrogen-bond acceptors (Lipinski definition) is 5. The van der Waals surface area contributed by atoms with Crippen molar-refractivity contribution in [2.24, 2.45) is 0 Å². The summed E-state index contributed by atoms with van der Waals surface area (Å²) >= 11 is 6.07. The molecule has 2 aromatic heterocycles. The Labute approximate surface area is 138 Å². The Bertz CT molecular complexity index is 819. The van der Waals surface area contributed by atoms with Gasteiger partial charge in [0.05, 0.1) is 13.7 Å². The van der Waals surface area contributed by atoms with Gasteiger partial charge in [-0.2, -0.15) is 5.10 Å². The maximum absolute atomic E-state index is 9.02. The van der Waals surface area contributed by atoms with Gasteiger partial charge in [0.2, 0.25) is 5.88 Å². The van der Waals surface area contributed by atoms with E-state index in [1.807, 2.05) is 30.3 Å². The normalized spacial score (nSPS) is 10.7. The van der Waals surface area contributed by atoms with Gasteiger partial charge in [-0.15, -0.1) is 0 Å². The summed E-state index contributed by atoms with van der Waals surface area (Å²) < 4.78 is 6.99. The third-order valence-corrected chi connectivity index (χ3v) is 3.54. The van der Waals surface area contributed by atoms with Gasteiger partial charge in [-0.1, -0.05) is 23.7 Å². The SMILES string of the molecule is COc1ncc(Cn2cnc(CO)n2)cc1-c1cccc(Cl)c1. The number of benzene rings is 1. The third-order valence-electron chi connectivity index (χ3n) is 3.31. The maximum Gasteiger partial charge on any atom is 0.221 e. The van der Waals surface area contributed by atoms with E-state index in [4.69, 9.17) is 21.4 Å². The van der Waals surface area contributed by atoms with E-state index in [2.05, 4.69) is 15.1 Å². The zero-order chi connectivity index (χ0) is 16.2. The highest BCUT2D eigenvalue weighted by molar-refractivity contribution is 6.30. The standard InChI is InChI=1S/C16H15ClN4O2/c1-23-16-14(12-3-2-4-13(17)6-12)5-11(7-18-16)8-21-10-19-15(9-22)20-21/h2-7,10,22H,8-9H2,1H3. The van der Waals surface area contributed by atoms with E-state index in [0.717, 1.165) is 16.7 Å². The van der Waals surface area contributed by atoms with Gasteiger partial charge < -0.3 is 9.84 Å². The summed E-state index contributed by atoms with van der Waals surface area (Å²) in [6.07, 6.45) is 3.31. The second-order valence-corrected chi connectivity index (χ2v) is 5.36. The first kappa shape index (κ1) is 15.5. The van der Waals surface area contributed by atoms with Crippen LogP contribution in [0.4, 0.5) is 0 Å². The molecule has 0 bridgehead atoms. The van der Waals surface area contributed by atoms with Crippen molar-refractivity contribution in [2.75, 3.05) is 7.11 Å². The van der Waals surface area contributed by atoms with Crippen molar-refractivity contribution in [3.8, 4) is 17.0 Å². The summed E-state index contributed by atoms with van der Waals surface area (Å²) in [5.74, 6) is 0.923. The van der Waals surface area contributed by atoms with Crippen LogP contribution in [0.2, 0.25) is 5.02 Å². The smallest absolute Gasteiger partial charge is 0.221 e. The number of aromatic nitrogens is 4. The average Bonchev–Trinajstić information content (AvgIpc) is 3.02. The van der Waals surface area contributed by atoms with Gasteiger partial charge in [0, 0.05) is 16.8 Å².